The molecule has 1 N–H and O–H groups in total. The van der Waals surface area contributed by atoms with Crippen LogP contribution in [0.2, 0.25) is 5.15 Å². The van der Waals surface area contributed by atoms with E-state index in [1.54, 1.807) is 11.7 Å². The molecule has 2 rings (SSSR count). The Balaban J connectivity index is 2.05. The molecular weight excluding hydrogens is 212 g/mol. The van der Waals surface area contributed by atoms with Crippen LogP contribution in [0.3, 0.4) is 0 Å². The number of aliphatic hydroxyl groups is 1. The summed E-state index contributed by atoms with van der Waals surface area (Å²) in [7, 11) is 1.80. The summed E-state index contributed by atoms with van der Waals surface area (Å²) in [5.41, 5.74) is 1.64. The lowest BCUT2D eigenvalue weighted by Crippen LogP contribution is -1.99. The highest BCUT2D eigenvalue weighted by atomic mass is 35.5. The zero-order valence-corrected chi connectivity index (χ0v) is 9.96. The fourth-order valence-electron chi connectivity index (χ4n) is 1.97. The van der Waals surface area contributed by atoms with Crippen molar-refractivity contribution in [2.75, 3.05) is 0 Å². The number of nitrogens with zero attached hydrogens (tertiary/aromatic N) is 2. The Hall–Kier alpha value is -0.540. The smallest absolute Gasteiger partial charge is 0.132 e. The van der Waals surface area contributed by atoms with Crippen LogP contribution in [0.1, 0.15) is 43.0 Å². The van der Waals surface area contributed by atoms with Gasteiger partial charge in [0.2, 0.25) is 0 Å². The molecule has 1 saturated carbocycles. The number of aryl methyl sites for hydroxylation is 2. The third kappa shape index (κ3) is 2.34. The van der Waals surface area contributed by atoms with Crippen molar-refractivity contribution in [3.63, 3.8) is 0 Å². The highest BCUT2D eigenvalue weighted by molar-refractivity contribution is 6.30. The van der Waals surface area contributed by atoms with Gasteiger partial charge in [0.05, 0.1) is 11.8 Å². The Kier molecular flexibility index (Phi) is 3.03. The highest BCUT2D eigenvalue weighted by Crippen LogP contribution is 2.37. The first kappa shape index (κ1) is 11.0. The van der Waals surface area contributed by atoms with Crippen molar-refractivity contribution in [1.82, 2.24) is 9.78 Å². The van der Waals surface area contributed by atoms with Crippen molar-refractivity contribution in [2.45, 2.75) is 38.7 Å². The quantitative estimate of drug-likeness (QED) is 0.860. The summed E-state index contributed by atoms with van der Waals surface area (Å²) in [5, 5.41) is 14.8. The van der Waals surface area contributed by atoms with E-state index in [1.807, 2.05) is 6.92 Å². The zero-order valence-electron chi connectivity index (χ0n) is 9.20. The van der Waals surface area contributed by atoms with E-state index in [-0.39, 0.29) is 0 Å². The lowest BCUT2D eigenvalue weighted by atomic mass is 10.0. The van der Waals surface area contributed by atoms with E-state index in [0.29, 0.717) is 5.15 Å². The molecule has 0 saturated heterocycles. The van der Waals surface area contributed by atoms with Crippen LogP contribution in [-0.2, 0) is 7.05 Å². The summed E-state index contributed by atoms with van der Waals surface area (Å²) in [6.45, 7) is 1.89. The standard InChI is InChI=1S/C11H17ClN2O/c1-7-10(11(12)14(2)13-7)9(15)6-5-8-3-4-8/h8-9,15H,3-6H2,1-2H3. The van der Waals surface area contributed by atoms with Gasteiger partial charge in [0.1, 0.15) is 5.15 Å². The molecule has 1 aliphatic rings. The number of aromatic nitrogens is 2. The Labute approximate surface area is 95.0 Å². The second-order valence-electron chi connectivity index (χ2n) is 4.45. The Morgan fingerprint density at radius 3 is 2.73 bits per heavy atom. The Morgan fingerprint density at radius 2 is 2.27 bits per heavy atom. The summed E-state index contributed by atoms with van der Waals surface area (Å²) in [4.78, 5) is 0. The Bertz CT molecular complexity index is 358. The molecule has 1 atom stereocenters. The van der Waals surface area contributed by atoms with Gasteiger partial charge in [0, 0.05) is 12.6 Å². The van der Waals surface area contributed by atoms with Gasteiger partial charge in [-0.1, -0.05) is 24.4 Å². The molecule has 1 heterocycles. The van der Waals surface area contributed by atoms with Gasteiger partial charge < -0.3 is 5.11 Å². The molecule has 0 aliphatic heterocycles. The van der Waals surface area contributed by atoms with Crippen LogP contribution >= 0.6 is 11.6 Å². The number of rotatable bonds is 4. The molecule has 0 aromatic carbocycles. The van der Waals surface area contributed by atoms with Crippen molar-refractivity contribution < 1.29 is 5.11 Å². The largest absolute Gasteiger partial charge is 0.388 e. The van der Waals surface area contributed by atoms with Crippen LogP contribution < -0.4 is 0 Å². The first-order chi connectivity index (χ1) is 7.09. The topological polar surface area (TPSA) is 38.0 Å². The number of aliphatic hydroxyl groups excluding tert-OH is 1. The van der Waals surface area contributed by atoms with Gasteiger partial charge in [-0.15, -0.1) is 0 Å². The van der Waals surface area contributed by atoms with Crippen molar-refractivity contribution in [1.29, 1.82) is 0 Å². The average Bonchev–Trinajstić information content (AvgIpc) is 2.94. The number of hydrogen-bond acceptors (Lipinski definition) is 2. The summed E-state index contributed by atoms with van der Waals surface area (Å²) in [5.74, 6) is 0.843. The molecule has 1 aromatic heterocycles. The van der Waals surface area contributed by atoms with E-state index in [0.717, 1.165) is 30.0 Å². The van der Waals surface area contributed by atoms with E-state index in [4.69, 9.17) is 11.6 Å². The summed E-state index contributed by atoms with van der Waals surface area (Å²) < 4.78 is 1.62. The van der Waals surface area contributed by atoms with Crippen LogP contribution in [0.4, 0.5) is 0 Å². The number of halogens is 1. The molecule has 4 heteroatoms. The minimum absolute atomic E-state index is 0.452. The second-order valence-corrected chi connectivity index (χ2v) is 4.81. The average molecular weight is 229 g/mol. The molecule has 1 fully saturated rings. The van der Waals surface area contributed by atoms with Crippen molar-refractivity contribution in [3.05, 3.63) is 16.4 Å². The normalized spacial score (nSPS) is 18.1. The van der Waals surface area contributed by atoms with Crippen LogP contribution in [0.5, 0.6) is 0 Å². The second kappa shape index (κ2) is 4.14. The summed E-state index contributed by atoms with van der Waals surface area (Å²) in [6.07, 6.45) is 4.11. The lowest BCUT2D eigenvalue weighted by Gasteiger charge is -2.09. The van der Waals surface area contributed by atoms with Gasteiger partial charge in [-0.05, 0) is 25.7 Å². The van der Waals surface area contributed by atoms with Gasteiger partial charge in [0.25, 0.3) is 0 Å². The number of hydrogen-bond donors (Lipinski definition) is 1. The van der Waals surface area contributed by atoms with Gasteiger partial charge >= 0.3 is 0 Å². The molecule has 3 nitrogen and oxygen atoms in total. The third-order valence-corrected chi connectivity index (χ3v) is 3.52. The maximum atomic E-state index is 10.0. The monoisotopic (exact) mass is 228 g/mol. The van der Waals surface area contributed by atoms with E-state index in [1.165, 1.54) is 12.8 Å². The predicted molar refractivity (Wildman–Crippen MR) is 59.9 cm³/mol. The summed E-state index contributed by atoms with van der Waals surface area (Å²) in [6, 6.07) is 0. The molecule has 1 aliphatic carbocycles. The molecular formula is C11H17ClN2O. The molecule has 84 valence electrons. The molecule has 0 spiro atoms. The molecule has 1 aromatic rings. The maximum absolute atomic E-state index is 10.0. The first-order valence-corrected chi connectivity index (χ1v) is 5.84. The van der Waals surface area contributed by atoms with E-state index >= 15 is 0 Å². The fourth-order valence-corrected chi connectivity index (χ4v) is 2.27. The van der Waals surface area contributed by atoms with E-state index < -0.39 is 6.10 Å². The zero-order chi connectivity index (χ0) is 11.0. The van der Waals surface area contributed by atoms with Gasteiger partial charge in [-0.25, -0.2) is 0 Å². The summed E-state index contributed by atoms with van der Waals surface area (Å²) >= 11 is 6.08. The van der Waals surface area contributed by atoms with Crippen LogP contribution in [0.15, 0.2) is 0 Å². The molecule has 0 bridgehead atoms. The lowest BCUT2D eigenvalue weighted by molar-refractivity contribution is 0.161. The molecule has 1 unspecified atom stereocenters. The maximum Gasteiger partial charge on any atom is 0.132 e. The highest BCUT2D eigenvalue weighted by Gasteiger charge is 2.25. The third-order valence-electron chi connectivity index (χ3n) is 3.07. The van der Waals surface area contributed by atoms with Crippen molar-refractivity contribution >= 4 is 11.6 Å². The van der Waals surface area contributed by atoms with Gasteiger partial charge in [0.15, 0.2) is 0 Å². The predicted octanol–water partition coefficient (Wildman–Crippen LogP) is 2.61. The van der Waals surface area contributed by atoms with Crippen LogP contribution in [-0.4, -0.2) is 14.9 Å². The molecule has 0 radical (unpaired) electrons. The first-order valence-electron chi connectivity index (χ1n) is 5.46. The molecule has 15 heavy (non-hydrogen) atoms. The van der Waals surface area contributed by atoms with Crippen molar-refractivity contribution in [2.24, 2.45) is 13.0 Å². The Morgan fingerprint density at radius 1 is 1.60 bits per heavy atom. The van der Waals surface area contributed by atoms with E-state index in [2.05, 4.69) is 5.10 Å². The van der Waals surface area contributed by atoms with E-state index in [9.17, 15) is 5.11 Å². The SMILES string of the molecule is Cc1nn(C)c(Cl)c1C(O)CCC1CC1. The van der Waals surface area contributed by atoms with Crippen LogP contribution in [0.25, 0.3) is 0 Å². The van der Waals surface area contributed by atoms with Crippen molar-refractivity contribution in [3.8, 4) is 0 Å². The van der Waals surface area contributed by atoms with Gasteiger partial charge in [-0.2, -0.15) is 5.10 Å². The van der Waals surface area contributed by atoms with Crippen LogP contribution in [0, 0.1) is 12.8 Å². The molecule has 0 amide bonds. The minimum atomic E-state index is -0.452. The minimum Gasteiger partial charge on any atom is -0.388 e. The fraction of sp³-hybridized carbons (Fsp3) is 0.727. The van der Waals surface area contributed by atoms with Gasteiger partial charge in [-0.3, -0.25) is 4.68 Å².